The van der Waals surface area contributed by atoms with Crippen molar-refractivity contribution in [2.75, 3.05) is 18.5 Å². The number of hydrogen-bond acceptors (Lipinski definition) is 7. The number of hydrogen-bond donors (Lipinski definition) is 1. The maximum atomic E-state index is 11.8. The zero-order valence-corrected chi connectivity index (χ0v) is 12.8. The van der Waals surface area contributed by atoms with E-state index >= 15 is 0 Å². The van der Waals surface area contributed by atoms with Gasteiger partial charge in [0.15, 0.2) is 0 Å². The first kappa shape index (κ1) is 15.2. The fourth-order valence-corrected chi connectivity index (χ4v) is 1.88. The molecule has 0 fully saturated rings. The Kier molecular flexibility index (Phi) is 4.72. The molecule has 0 aromatic carbocycles. The fraction of sp³-hybridized carbons (Fsp3) is 0.571. The van der Waals surface area contributed by atoms with Crippen molar-refractivity contribution >= 4 is 22.9 Å². The Morgan fingerprint density at radius 2 is 2.14 bits per heavy atom. The van der Waals surface area contributed by atoms with Crippen LogP contribution in [0.25, 0.3) is 11.1 Å². The minimum atomic E-state index is -0.569. The lowest BCUT2D eigenvalue weighted by atomic mass is 10.1. The molecule has 0 unspecified atom stereocenters. The molecule has 114 valence electrons. The minimum Gasteiger partial charge on any atom is -0.460 e. The summed E-state index contributed by atoms with van der Waals surface area (Å²) in [5.41, 5.74) is 0.977. The zero-order valence-electron chi connectivity index (χ0n) is 12.8. The molecule has 0 saturated carbocycles. The first-order valence-electron chi connectivity index (χ1n) is 7.08. The van der Waals surface area contributed by atoms with E-state index in [0.29, 0.717) is 22.8 Å². The van der Waals surface area contributed by atoms with Crippen molar-refractivity contribution in [3.05, 3.63) is 11.5 Å². The van der Waals surface area contributed by atoms with Crippen molar-refractivity contribution in [2.45, 2.75) is 34.1 Å². The van der Waals surface area contributed by atoms with E-state index in [1.807, 2.05) is 6.92 Å². The lowest BCUT2D eigenvalue weighted by molar-refractivity contribution is 0.0512. The third-order valence-corrected chi connectivity index (χ3v) is 2.98. The highest BCUT2D eigenvalue weighted by atomic mass is 16.5. The second-order valence-electron chi connectivity index (χ2n) is 5.17. The summed E-state index contributed by atoms with van der Waals surface area (Å²) in [6.45, 7) is 8.85. The number of aryl methyl sites for hydroxylation is 1. The van der Waals surface area contributed by atoms with Gasteiger partial charge in [-0.3, -0.25) is 0 Å². The van der Waals surface area contributed by atoms with Crippen molar-refractivity contribution in [2.24, 2.45) is 5.92 Å². The van der Waals surface area contributed by atoms with Gasteiger partial charge >= 0.3 is 5.97 Å². The summed E-state index contributed by atoms with van der Waals surface area (Å²) in [5.74, 6) is 0.540. The average molecular weight is 292 g/mol. The average Bonchev–Trinajstić information content (AvgIpc) is 2.80. The van der Waals surface area contributed by atoms with Gasteiger partial charge in [-0.15, -0.1) is 0 Å². The molecule has 2 rings (SSSR count). The van der Waals surface area contributed by atoms with Crippen molar-refractivity contribution in [1.29, 1.82) is 0 Å². The van der Waals surface area contributed by atoms with Gasteiger partial charge in [-0.2, -0.15) is 4.98 Å². The molecule has 0 saturated heterocycles. The van der Waals surface area contributed by atoms with Gasteiger partial charge in [0, 0.05) is 6.54 Å². The van der Waals surface area contributed by atoms with Gasteiger partial charge in [0.1, 0.15) is 11.2 Å². The number of nitrogens with zero attached hydrogens (tertiary/aromatic N) is 3. The highest BCUT2D eigenvalue weighted by Gasteiger charge is 2.19. The van der Waals surface area contributed by atoms with Crippen LogP contribution in [0, 0.1) is 12.8 Å². The van der Waals surface area contributed by atoms with E-state index in [-0.39, 0.29) is 18.1 Å². The molecule has 0 spiro atoms. The van der Waals surface area contributed by atoms with E-state index < -0.39 is 5.97 Å². The molecule has 0 amide bonds. The number of rotatable bonds is 6. The first-order valence-corrected chi connectivity index (χ1v) is 7.08. The molecule has 0 aliphatic carbocycles. The molecule has 21 heavy (non-hydrogen) atoms. The monoisotopic (exact) mass is 292 g/mol. The van der Waals surface area contributed by atoms with Crippen molar-refractivity contribution < 1.29 is 14.1 Å². The van der Waals surface area contributed by atoms with Gasteiger partial charge in [-0.25, -0.2) is 9.78 Å². The number of nitrogens with one attached hydrogen (secondary N) is 1. The number of fused-ring (bicyclic) bond motifs is 1. The van der Waals surface area contributed by atoms with Crippen LogP contribution in [0.4, 0.5) is 5.82 Å². The highest BCUT2D eigenvalue weighted by molar-refractivity contribution is 5.93. The molecule has 2 heterocycles. The number of carbonyl (C=O) groups is 1. The van der Waals surface area contributed by atoms with Crippen LogP contribution < -0.4 is 5.32 Å². The Labute approximate surface area is 123 Å². The van der Waals surface area contributed by atoms with Crippen molar-refractivity contribution in [3.63, 3.8) is 0 Å². The van der Waals surface area contributed by atoms with E-state index in [1.54, 1.807) is 6.92 Å². The summed E-state index contributed by atoms with van der Waals surface area (Å²) in [6.07, 6.45) is 0.991. The van der Waals surface area contributed by atoms with Crippen molar-refractivity contribution in [3.8, 4) is 0 Å². The summed E-state index contributed by atoms with van der Waals surface area (Å²) in [6, 6.07) is 0. The Morgan fingerprint density at radius 3 is 2.81 bits per heavy atom. The molecular weight excluding hydrogens is 272 g/mol. The van der Waals surface area contributed by atoms with Crippen LogP contribution in [0.3, 0.4) is 0 Å². The molecule has 1 N–H and O–H groups in total. The normalized spacial score (nSPS) is 11.1. The third-order valence-electron chi connectivity index (χ3n) is 2.98. The fourth-order valence-electron chi connectivity index (χ4n) is 1.88. The Bertz CT molecular complexity index is 636. The predicted molar refractivity (Wildman–Crippen MR) is 78.2 cm³/mol. The number of carbonyl (C=O) groups excluding carboxylic acids is 1. The van der Waals surface area contributed by atoms with E-state index in [9.17, 15) is 4.79 Å². The maximum Gasteiger partial charge on any atom is 0.376 e. The summed E-state index contributed by atoms with van der Waals surface area (Å²) in [5, 5.41) is 7.80. The molecule has 0 radical (unpaired) electrons. The number of ether oxygens (including phenoxy) is 1. The Balaban J connectivity index is 2.34. The highest BCUT2D eigenvalue weighted by Crippen LogP contribution is 2.24. The van der Waals surface area contributed by atoms with Crippen molar-refractivity contribution in [1.82, 2.24) is 15.1 Å². The maximum absolute atomic E-state index is 11.8. The van der Waals surface area contributed by atoms with E-state index in [0.717, 1.165) is 13.0 Å². The van der Waals surface area contributed by atoms with Crippen LogP contribution in [-0.4, -0.2) is 34.2 Å². The van der Waals surface area contributed by atoms with Gasteiger partial charge in [0.25, 0.3) is 5.71 Å². The second kappa shape index (κ2) is 6.51. The number of aromatic nitrogens is 3. The summed E-state index contributed by atoms with van der Waals surface area (Å²) >= 11 is 0. The van der Waals surface area contributed by atoms with Crippen LogP contribution in [0.1, 0.15) is 43.5 Å². The molecule has 2 aromatic rings. The van der Waals surface area contributed by atoms with Crippen LogP contribution in [0.15, 0.2) is 4.52 Å². The third kappa shape index (κ3) is 3.48. The van der Waals surface area contributed by atoms with Gasteiger partial charge in [0.05, 0.1) is 12.3 Å². The molecule has 2 aromatic heterocycles. The van der Waals surface area contributed by atoms with E-state index in [4.69, 9.17) is 9.26 Å². The molecule has 7 nitrogen and oxygen atoms in total. The molecule has 7 heteroatoms. The largest absolute Gasteiger partial charge is 0.460 e. The number of anilines is 1. The summed E-state index contributed by atoms with van der Waals surface area (Å²) in [7, 11) is 0. The quantitative estimate of drug-likeness (QED) is 0.818. The van der Waals surface area contributed by atoms with Gasteiger partial charge in [-0.05, 0) is 26.2 Å². The molecule has 0 atom stereocenters. The lowest BCUT2D eigenvalue weighted by Crippen LogP contribution is -2.13. The molecule has 0 aliphatic rings. The summed E-state index contributed by atoms with van der Waals surface area (Å²) in [4.78, 5) is 20.1. The smallest absolute Gasteiger partial charge is 0.376 e. The van der Waals surface area contributed by atoms with E-state index in [1.165, 1.54) is 0 Å². The Hall–Kier alpha value is -2.18. The second-order valence-corrected chi connectivity index (χ2v) is 5.17. The molecule has 0 bridgehead atoms. The van der Waals surface area contributed by atoms with Crippen LogP contribution in [0.2, 0.25) is 0 Å². The Morgan fingerprint density at radius 1 is 1.38 bits per heavy atom. The van der Waals surface area contributed by atoms with E-state index in [2.05, 4.69) is 34.3 Å². The van der Waals surface area contributed by atoms with Crippen LogP contribution in [-0.2, 0) is 4.74 Å². The SMILES string of the molecule is CCOC(=O)c1nc(NCCC(C)C)c2c(C)noc2n1. The van der Waals surface area contributed by atoms with Gasteiger partial charge in [0.2, 0.25) is 5.82 Å². The lowest BCUT2D eigenvalue weighted by Gasteiger charge is -2.09. The topological polar surface area (TPSA) is 90.1 Å². The van der Waals surface area contributed by atoms with Gasteiger partial charge < -0.3 is 14.6 Å². The summed E-state index contributed by atoms with van der Waals surface area (Å²) < 4.78 is 10.1. The standard InChI is InChI=1S/C14H20N4O3/c1-5-20-14(19)12-16-11(15-7-6-8(2)3)10-9(4)18-21-13(10)17-12/h8H,5-7H2,1-4H3,(H,15,16,17). The first-order chi connectivity index (χ1) is 10.0. The van der Waals surface area contributed by atoms with Crippen LogP contribution in [0.5, 0.6) is 0 Å². The minimum absolute atomic E-state index is 0.0208. The molecular formula is C14H20N4O3. The number of esters is 1. The molecule has 0 aliphatic heterocycles. The predicted octanol–water partition coefficient (Wildman–Crippen LogP) is 2.56. The van der Waals surface area contributed by atoms with Crippen LogP contribution >= 0.6 is 0 Å². The zero-order chi connectivity index (χ0) is 15.4. The van der Waals surface area contributed by atoms with Gasteiger partial charge in [-0.1, -0.05) is 19.0 Å².